The van der Waals surface area contributed by atoms with Gasteiger partial charge in [0, 0.05) is 38.6 Å². The SMILES string of the molecule is CCN1CCN(CC(=O)N2CC(C)C(O)(C3CC3)C2)CC1. The maximum atomic E-state index is 12.5. The summed E-state index contributed by atoms with van der Waals surface area (Å²) in [4.78, 5) is 19.1. The Balaban J connectivity index is 1.50. The predicted molar refractivity (Wildman–Crippen MR) is 82.0 cm³/mol. The Morgan fingerprint density at radius 3 is 2.38 bits per heavy atom. The summed E-state index contributed by atoms with van der Waals surface area (Å²) >= 11 is 0. The lowest BCUT2D eigenvalue weighted by Crippen LogP contribution is -2.50. The van der Waals surface area contributed by atoms with E-state index in [9.17, 15) is 9.90 Å². The molecule has 1 N–H and O–H groups in total. The number of carbonyl (C=O) groups is 1. The average Bonchev–Trinajstić information content (AvgIpc) is 3.28. The standard InChI is InChI=1S/C16H29N3O2/c1-3-17-6-8-18(9-7-17)11-15(20)19-10-13(2)16(21,12-19)14-4-5-14/h13-14,21H,3-12H2,1-2H3. The van der Waals surface area contributed by atoms with Crippen LogP contribution in [0.25, 0.3) is 0 Å². The number of β-amino-alcohol motifs (C(OH)–C–C–N with tert-alkyl or cyclic N) is 1. The monoisotopic (exact) mass is 295 g/mol. The third kappa shape index (κ3) is 3.10. The number of rotatable bonds is 4. The molecule has 0 aromatic rings. The van der Waals surface area contributed by atoms with Crippen LogP contribution in [0.3, 0.4) is 0 Å². The zero-order chi connectivity index (χ0) is 15.0. The molecule has 1 amide bonds. The molecule has 0 spiro atoms. The van der Waals surface area contributed by atoms with Gasteiger partial charge in [0.25, 0.3) is 0 Å². The highest BCUT2D eigenvalue weighted by Crippen LogP contribution is 2.46. The van der Waals surface area contributed by atoms with Crippen molar-refractivity contribution < 1.29 is 9.90 Å². The number of hydrogen-bond acceptors (Lipinski definition) is 4. The van der Waals surface area contributed by atoms with Crippen LogP contribution in [-0.2, 0) is 4.79 Å². The molecule has 2 heterocycles. The molecule has 2 aliphatic heterocycles. The van der Waals surface area contributed by atoms with Crippen molar-refractivity contribution in [2.75, 3.05) is 52.4 Å². The van der Waals surface area contributed by atoms with Gasteiger partial charge in [0.1, 0.15) is 0 Å². The highest BCUT2D eigenvalue weighted by atomic mass is 16.3. The van der Waals surface area contributed by atoms with Gasteiger partial charge in [-0.1, -0.05) is 13.8 Å². The number of carbonyl (C=O) groups excluding carboxylic acids is 1. The molecule has 0 aromatic carbocycles. The van der Waals surface area contributed by atoms with Gasteiger partial charge in [-0.2, -0.15) is 0 Å². The molecule has 2 unspecified atom stereocenters. The van der Waals surface area contributed by atoms with E-state index in [1.807, 2.05) is 4.90 Å². The molecular weight excluding hydrogens is 266 g/mol. The van der Waals surface area contributed by atoms with Crippen LogP contribution in [0.1, 0.15) is 26.7 Å². The van der Waals surface area contributed by atoms with Crippen molar-refractivity contribution in [3.05, 3.63) is 0 Å². The fraction of sp³-hybridized carbons (Fsp3) is 0.938. The minimum absolute atomic E-state index is 0.198. The summed E-state index contributed by atoms with van der Waals surface area (Å²) in [6.45, 7) is 11.2. The third-order valence-corrected chi connectivity index (χ3v) is 5.70. The first kappa shape index (κ1) is 15.3. The van der Waals surface area contributed by atoms with Gasteiger partial charge in [0.15, 0.2) is 0 Å². The molecule has 2 atom stereocenters. The van der Waals surface area contributed by atoms with Crippen molar-refractivity contribution in [1.29, 1.82) is 0 Å². The van der Waals surface area contributed by atoms with Crippen LogP contribution in [0.4, 0.5) is 0 Å². The molecule has 3 aliphatic rings. The Morgan fingerprint density at radius 1 is 1.19 bits per heavy atom. The summed E-state index contributed by atoms with van der Waals surface area (Å²) in [5, 5.41) is 10.8. The number of hydrogen-bond donors (Lipinski definition) is 1. The summed E-state index contributed by atoms with van der Waals surface area (Å²) in [5.41, 5.74) is -0.615. The van der Waals surface area contributed by atoms with E-state index in [-0.39, 0.29) is 11.8 Å². The van der Waals surface area contributed by atoms with E-state index >= 15 is 0 Å². The highest BCUT2D eigenvalue weighted by molar-refractivity contribution is 5.78. The molecule has 0 bridgehead atoms. The predicted octanol–water partition coefficient (Wildman–Crippen LogP) is 0.243. The van der Waals surface area contributed by atoms with Crippen molar-refractivity contribution in [3.8, 4) is 0 Å². The van der Waals surface area contributed by atoms with Crippen molar-refractivity contribution in [3.63, 3.8) is 0 Å². The Labute approximate surface area is 127 Å². The van der Waals surface area contributed by atoms with Crippen LogP contribution >= 0.6 is 0 Å². The zero-order valence-corrected chi connectivity index (χ0v) is 13.4. The number of nitrogens with zero attached hydrogens (tertiary/aromatic N) is 3. The van der Waals surface area contributed by atoms with Gasteiger partial charge in [0.05, 0.1) is 18.7 Å². The van der Waals surface area contributed by atoms with Gasteiger partial charge in [-0.05, 0) is 25.3 Å². The lowest BCUT2D eigenvalue weighted by molar-refractivity contribution is -0.133. The molecule has 3 rings (SSSR count). The van der Waals surface area contributed by atoms with Crippen LogP contribution in [-0.4, -0.2) is 83.7 Å². The van der Waals surface area contributed by atoms with Gasteiger partial charge in [-0.3, -0.25) is 9.69 Å². The smallest absolute Gasteiger partial charge is 0.236 e. The molecule has 0 radical (unpaired) electrons. The van der Waals surface area contributed by atoms with Gasteiger partial charge in [0.2, 0.25) is 5.91 Å². The Bertz CT molecular complexity index is 391. The summed E-state index contributed by atoms with van der Waals surface area (Å²) in [7, 11) is 0. The number of amides is 1. The second-order valence-corrected chi connectivity index (χ2v) is 7.15. The van der Waals surface area contributed by atoms with Crippen molar-refractivity contribution in [1.82, 2.24) is 14.7 Å². The lowest BCUT2D eigenvalue weighted by Gasteiger charge is -2.34. The topological polar surface area (TPSA) is 47.0 Å². The molecule has 1 aliphatic carbocycles. The van der Waals surface area contributed by atoms with Crippen molar-refractivity contribution >= 4 is 5.91 Å². The summed E-state index contributed by atoms with van der Waals surface area (Å²) in [6, 6.07) is 0. The number of likely N-dealkylation sites (tertiary alicyclic amines) is 1. The van der Waals surface area contributed by atoms with E-state index in [1.165, 1.54) is 0 Å². The molecule has 3 fully saturated rings. The number of aliphatic hydroxyl groups is 1. The average molecular weight is 295 g/mol. The van der Waals surface area contributed by atoms with Gasteiger partial charge in [-0.25, -0.2) is 0 Å². The normalized spacial score (nSPS) is 35.4. The molecular formula is C16H29N3O2. The maximum Gasteiger partial charge on any atom is 0.236 e. The first-order valence-corrected chi connectivity index (χ1v) is 8.47. The van der Waals surface area contributed by atoms with Crippen LogP contribution in [0.2, 0.25) is 0 Å². The minimum atomic E-state index is -0.615. The molecule has 1 saturated carbocycles. The van der Waals surface area contributed by atoms with E-state index in [4.69, 9.17) is 0 Å². The molecule has 120 valence electrons. The molecule has 0 aromatic heterocycles. The van der Waals surface area contributed by atoms with Gasteiger partial charge >= 0.3 is 0 Å². The molecule has 21 heavy (non-hydrogen) atoms. The Morgan fingerprint density at radius 2 is 1.81 bits per heavy atom. The summed E-state index contributed by atoms with van der Waals surface area (Å²) in [5.74, 6) is 0.840. The van der Waals surface area contributed by atoms with Crippen LogP contribution in [0, 0.1) is 11.8 Å². The van der Waals surface area contributed by atoms with E-state index in [2.05, 4.69) is 23.6 Å². The van der Waals surface area contributed by atoms with E-state index in [1.54, 1.807) is 0 Å². The Hall–Kier alpha value is -0.650. The third-order valence-electron chi connectivity index (χ3n) is 5.70. The number of likely N-dealkylation sites (N-methyl/N-ethyl adjacent to an activating group) is 1. The first-order chi connectivity index (χ1) is 10.0. The minimum Gasteiger partial charge on any atom is -0.387 e. The van der Waals surface area contributed by atoms with Gasteiger partial charge < -0.3 is 14.9 Å². The van der Waals surface area contributed by atoms with E-state index in [0.717, 1.165) is 52.1 Å². The van der Waals surface area contributed by atoms with Crippen LogP contribution < -0.4 is 0 Å². The van der Waals surface area contributed by atoms with E-state index < -0.39 is 5.60 Å². The van der Waals surface area contributed by atoms with Crippen molar-refractivity contribution in [2.45, 2.75) is 32.3 Å². The second-order valence-electron chi connectivity index (χ2n) is 7.15. The van der Waals surface area contributed by atoms with Crippen molar-refractivity contribution in [2.24, 2.45) is 11.8 Å². The fourth-order valence-corrected chi connectivity index (χ4v) is 3.87. The molecule has 2 saturated heterocycles. The second kappa shape index (κ2) is 5.86. The first-order valence-electron chi connectivity index (χ1n) is 8.47. The lowest BCUT2D eigenvalue weighted by atomic mass is 9.88. The zero-order valence-electron chi connectivity index (χ0n) is 13.4. The fourth-order valence-electron chi connectivity index (χ4n) is 3.87. The van der Waals surface area contributed by atoms with E-state index in [0.29, 0.717) is 19.0 Å². The highest BCUT2D eigenvalue weighted by Gasteiger charge is 2.53. The quantitative estimate of drug-likeness (QED) is 0.807. The maximum absolute atomic E-state index is 12.5. The molecule has 5 nitrogen and oxygen atoms in total. The van der Waals surface area contributed by atoms with Crippen LogP contribution in [0.15, 0.2) is 0 Å². The largest absolute Gasteiger partial charge is 0.387 e. The van der Waals surface area contributed by atoms with Crippen LogP contribution in [0.5, 0.6) is 0 Å². The number of piperazine rings is 1. The molecule has 5 heteroatoms. The summed E-state index contributed by atoms with van der Waals surface area (Å²) in [6.07, 6.45) is 2.25. The summed E-state index contributed by atoms with van der Waals surface area (Å²) < 4.78 is 0. The van der Waals surface area contributed by atoms with Gasteiger partial charge in [-0.15, -0.1) is 0 Å². The Kier molecular flexibility index (Phi) is 4.26.